The van der Waals surface area contributed by atoms with Crippen molar-refractivity contribution in [1.29, 1.82) is 0 Å². The third kappa shape index (κ3) is 5.93. The van der Waals surface area contributed by atoms with Crippen LogP contribution in [0.5, 0.6) is 0 Å². The first-order valence-corrected chi connectivity index (χ1v) is 8.46. The molecule has 1 saturated heterocycles. The molecule has 1 aliphatic heterocycles. The van der Waals surface area contributed by atoms with Crippen LogP contribution in [-0.4, -0.2) is 36.3 Å². The fourth-order valence-electron chi connectivity index (χ4n) is 2.69. The van der Waals surface area contributed by atoms with Crippen molar-refractivity contribution in [2.24, 2.45) is 5.92 Å². The van der Waals surface area contributed by atoms with E-state index >= 15 is 0 Å². The van der Waals surface area contributed by atoms with E-state index in [-0.39, 0.29) is 11.8 Å². The zero-order valence-corrected chi connectivity index (χ0v) is 13.8. The third-order valence-corrected chi connectivity index (χ3v) is 4.20. The van der Waals surface area contributed by atoms with Crippen LogP contribution in [0.3, 0.4) is 0 Å². The second-order valence-electron chi connectivity index (χ2n) is 6.03. The minimum Gasteiger partial charge on any atom is -0.465 e. The summed E-state index contributed by atoms with van der Waals surface area (Å²) in [5.74, 6) is 1.32. The zero-order chi connectivity index (χ0) is 16.5. The summed E-state index contributed by atoms with van der Waals surface area (Å²) >= 11 is 0. The summed E-state index contributed by atoms with van der Waals surface area (Å²) in [6, 6.07) is 3.61. The third-order valence-electron chi connectivity index (χ3n) is 4.20. The van der Waals surface area contributed by atoms with E-state index < -0.39 is 0 Å². The minimum absolute atomic E-state index is 0.0202. The summed E-state index contributed by atoms with van der Waals surface area (Å²) < 4.78 is 5.17. The molecule has 0 unspecified atom stereocenters. The smallest absolute Gasteiger partial charge is 0.246 e. The molecule has 0 aromatic carbocycles. The molecular formula is C18H26N2O3. The van der Waals surface area contributed by atoms with Crippen molar-refractivity contribution < 1.29 is 14.0 Å². The van der Waals surface area contributed by atoms with Gasteiger partial charge in [0.25, 0.3) is 0 Å². The van der Waals surface area contributed by atoms with Crippen molar-refractivity contribution in [3.8, 4) is 0 Å². The van der Waals surface area contributed by atoms with Crippen molar-refractivity contribution in [1.82, 2.24) is 10.2 Å². The second kappa shape index (κ2) is 9.18. The molecule has 5 heteroatoms. The molecule has 0 bridgehead atoms. The Balaban J connectivity index is 1.67. The molecule has 0 radical (unpaired) electrons. The molecule has 2 heterocycles. The summed E-state index contributed by atoms with van der Waals surface area (Å²) in [5.41, 5.74) is 0. The van der Waals surface area contributed by atoms with Gasteiger partial charge in [-0.25, -0.2) is 0 Å². The largest absolute Gasteiger partial charge is 0.465 e. The molecule has 0 saturated carbocycles. The second-order valence-corrected chi connectivity index (χ2v) is 6.03. The number of hydrogen-bond acceptors (Lipinski definition) is 3. The van der Waals surface area contributed by atoms with Crippen molar-refractivity contribution in [2.45, 2.75) is 39.0 Å². The number of furan rings is 1. The predicted octanol–water partition coefficient (Wildman–Crippen LogP) is 2.84. The molecule has 0 aliphatic carbocycles. The van der Waals surface area contributed by atoms with Gasteiger partial charge in [-0.3, -0.25) is 9.59 Å². The summed E-state index contributed by atoms with van der Waals surface area (Å²) in [4.78, 5) is 25.6. The van der Waals surface area contributed by atoms with E-state index in [2.05, 4.69) is 12.2 Å². The topological polar surface area (TPSA) is 62.6 Å². The van der Waals surface area contributed by atoms with Crippen LogP contribution in [0.25, 0.3) is 6.08 Å². The minimum atomic E-state index is 0.0202. The van der Waals surface area contributed by atoms with Gasteiger partial charge in [-0.05, 0) is 43.4 Å². The van der Waals surface area contributed by atoms with Crippen LogP contribution < -0.4 is 5.32 Å². The first-order chi connectivity index (χ1) is 11.2. The van der Waals surface area contributed by atoms with E-state index in [0.717, 1.165) is 45.3 Å². The fraction of sp³-hybridized carbons (Fsp3) is 0.556. The lowest BCUT2D eigenvalue weighted by Crippen LogP contribution is -2.40. The van der Waals surface area contributed by atoms with Crippen LogP contribution in [0.15, 0.2) is 28.9 Å². The van der Waals surface area contributed by atoms with E-state index in [0.29, 0.717) is 18.1 Å². The maximum absolute atomic E-state index is 12.1. The Morgan fingerprint density at radius 2 is 2.17 bits per heavy atom. The number of nitrogens with one attached hydrogen (secondary N) is 1. The van der Waals surface area contributed by atoms with Crippen molar-refractivity contribution in [2.75, 3.05) is 19.6 Å². The molecule has 1 N–H and O–H groups in total. The van der Waals surface area contributed by atoms with Crippen molar-refractivity contribution >= 4 is 17.9 Å². The van der Waals surface area contributed by atoms with Gasteiger partial charge in [0, 0.05) is 32.1 Å². The van der Waals surface area contributed by atoms with E-state index in [9.17, 15) is 9.59 Å². The highest BCUT2D eigenvalue weighted by molar-refractivity contribution is 5.91. The highest BCUT2D eigenvalue weighted by Gasteiger charge is 2.21. The first-order valence-electron chi connectivity index (χ1n) is 8.46. The van der Waals surface area contributed by atoms with Crippen LogP contribution in [-0.2, 0) is 9.59 Å². The standard InChI is InChI=1S/C18H26N2O3/c1-2-3-6-17(21)19-14-15-9-11-20(12-10-15)18(22)8-7-16-5-4-13-23-16/h4-5,7-8,13,15H,2-3,6,9-12,14H2,1H3,(H,19,21)/b8-7+. The lowest BCUT2D eigenvalue weighted by Gasteiger charge is -2.31. The quantitative estimate of drug-likeness (QED) is 0.786. The van der Waals surface area contributed by atoms with Crippen LogP contribution in [0.4, 0.5) is 0 Å². The SMILES string of the molecule is CCCCC(=O)NCC1CCN(C(=O)/C=C/c2ccco2)CC1. The molecule has 5 nitrogen and oxygen atoms in total. The molecule has 1 aromatic heterocycles. The number of piperidine rings is 1. The molecular weight excluding hydrogens is 292 g/mol. The maximum atomic E-state index is 12.1. The molecule has 0 spiro atoms. The number of hydrogen-bond donors (Lipinski definition) is 1. The highest BCUT2D eigenvalue weighted by atomic mass is 16.3. The predicted molar refractivity (Wildman–Crippen MR) is 89.6 cm³/mol. The Labute approximate surface area is 137 Å². The van der Waals surface area contributed by atoms with Crippen LogP contribution in [0, 0.1) is 5.92 Å². The number of unbranched alkanes of at least 4 members (excludes halogenated alkanes) is 1. The van der Waals surface area contributed by atoms with Crippen LogP contribution in [0.1, 0.15) is 44.8 Å². The molecule has 2 amide bonds. The molecule has 2 rings (SSSR count). The van der Waals surface area contributed by atoms with Gasteiger partial charge >= 0.3 is 0 Å². The van der Waals surface area contributed by atoms with E-state index in [1.165, 1.54) is 0 Å². The number of rotatable bonds is 7. The zero-order valence-electron chi connectivity index (χ0n) is 13.8. The van der Waals surface area contributed by atoms with E-state index in [1.54, 1.807) is 24.5 Å². The fourth-order valence-corrected chi connectivity index (χ4v) is 2.69. The number of carbonyl (C=O) groups is 2. The van der Waals surface area contributed by atoms with Crippen LogP contribution in [0.2, 0.25) is 0 Å². The summed E-state index contributed by atoms with van der Waals surface area (Å²) in [5, 5.41) is 3.01. The number of amides is 2. The number of carbonyl (C=O) groups excluding carboxylic acids is 2. The van der Waals surface area contributed by atoms with Crippen LogP contribution >= 0.6 is 0 Å². The summed E-state index contributed by atoms with van der Waals surface area (Å²) in [6.45, 7) is 4.31. The Bertz CT molecular complexity index is 514. The van der Waals surface area contributed by atoms with Gasteiger partial charge in [0.15, 0.2) is 0 Å². The lowest BCUT2D eigenvalue weighted by molar-refractivity contribution is -0.127. The lowest BCUT2D eigenvalue weighted by atomic mass is 9.96. The van der Waals surface area contributed by atoms with E-state index in [1.807, 2.05) is 11.0 Å². The molecule has 1 aromatic rings. The van der Waals surface area contributed by atoms with E-state index in [4.69, 9.17) is 4.42 Å². The Kier molecular flexibility index (Phi) is 6.91. The number of nitrogens with zero attached hydrogens (tertiary/aromatic N) is 1. The molecule has 126 valence electrons. The van der Waals surface area contributed by atoms with Crippen molar-refractivity contribution in [3.05, 3.63) is 30.2 Å². The van der Waals surface area contributed by atoms with Gasteiger partial charge < -0.3 is 14.6 Å². The molecule has 0 atom stereocenters. The van der Waals surface area contributed by atoms with Gasteiger partial charge in [-0.15, -0.1) is 0 Å². The van der Waals surface area contributed by atoms with Gasteiger partial charge in [-0.2, -0.15) is 0 Å². The highest BCUT2D eigenvalue weighted by Crippen LogP contribution is 2.17. The van der Waals surface area contributed by atoms with Gasteiger partial charge in [0.2, 0.25) is 11.8 Å². The Morgan fingerprint density at radius 3 is 2.83 bits per heavy atom. The maximum Gasteiger partial charge on any atom is 0.246 e. The van der Waals surface area contributed by atoms with Crippen molar-refractivity contribution in [3.63, 3.8) is 0 Å². The number of likely N-dealkylation sites (tertiary alicyclic amines) is 1. The first kappa shape index (κ1) is 17.3. The van der Waals surface area contributed by atoms with Gasteiger partial charge in [0.1, 0.15) is 5.76 Å². The molecule has 23 heavy (non-hydrogen) atoms. The molecule has 1 aliphatic rings. The average Bonchev–Trinajstić information content (AvgIpc) is 3.10. The summed E-state index contributed by atoms with van der Waals surface area (Å²) in [6.07, 6.45) is 9.33. The summed E-state index contributed by atoms with van der Waals surface area (Å²) in [7, 11) is 0. The van der Waals surface area contributed by atoms with Gasteiger partial charge in [0.05, 0.1) is 6.26 Å². The normalized spacial score (nSPS) is 16.0. The Hall–Kier alpha value is -2.04. The Morgan fingerprint density at radius 1 is 1.39 bits per heavy atom. The molecule has 1 fully saturated rings. The van der Waals surface area contributed by atoms with Gasteiger partial charge in [-0.1, -0.05) is 13.3 Å². The monoisotopic (exact) mass is 318 g/mol. The average molecular weight is 318 g/mol.